The Labute approximate surface area is 143 Å². The van der Waals surface area contributed by atoms with Crippen LogP contribution >= 0.6 is 11.8 Å². The second-order valence-electron chi connectivity index (χ2n) is 7.85. The van der Waals surface area contributed by atoms with Crippen LogP contribution in [0.25, 0.3) is 0 Å². The quantitative estimate of drug-likeness (QED) is 0.789. The first-order chi connectivity index (χ1) is 11.2. The third-order valence-electron chi connectivity index (χ3n) is 5.86. The van der Waals surface area contributed by atoms with Crippen molar-refractivity contribution in [2.24, 2.45) is 11.8 Å². The molecular weight excluding hydrogens is 310 g/mol. The molecule has 1 saturated carbocycles. The van der Waals surface area contributed by atoms with E-state index in [1.54, 1.807) is 0 Å². The van der Waals surface area contributed by atoms with Gasteiger partial charge in [-0.3, -0.25) is 4.79 Å². The van der Waals surface area contributed by atoms with Crippen molar-refractivity contribution in [3.05, 3.63) is 0 Å². The maximum atomic E-state index is 12.8. The molecular formula is C18H29NO3S. The number of likely N-dealkylation sites (tertiary alicyclic amines) is 1. The summed E-state index contributed by atoms with van der Waals surface area (Å²) in [5.74, 6) is 3.73. The van der Waals surface area contributed by atoms with Crippen LogP contribution < -0.4 is 0 Å². The topological polar surface area (TPSA) is 38.8 Å². The standard InChI is InChI=1S/C18H29NO3S/c20-17(15-4-8-23-9-5-15)19-7-1-6-18(13-19)10-16(12-22-18)21-11-14-2-3-14/h14-16H,1-13H2/t16-,18+/m1/s1. The maximum absolute atomic E-state index is 12.8. The van der Waals surface area contributed by atoms with Gasteiger partial charge in [-0.15, -0.1) is 0 Å². The largest absolute Gasteiger partial charge is 0.375 e. The Hall–Kier alpha value is -0.260. The Bertz CT molecular complexity index is 436. The fraction of sp³-hybridized carbons (Fsp3) is 0.944. The van der Waals surface area contributed by atoms with Gasteiger partial charge in [0.2, 0.25) is 5.91 Å². The molecule has 23 heavy (non-hydrogen) atoms. The summed E-state index contributed by atoms with van der Waals surface area (Å²) in [6.07, 6.45) is 8.16. The van der Waals surface area contributed by atoms with Gasteiger partial charge in [0, 0.05) is 32.0 Å². The summed E-state index contributed by atoms with van der Waals surface area (Å²) in [6.45, 7) is 3.33. The summed E-state index contributed by atoms with van der Waals surface area (Å²) in [4.78, 5) is 14.9. The highest BCUT2D eigenvalue weighted by molar-refractivity contribution is 7.99. The predicted molar refractivity (Wildman–Crippen MR) is 91.6 cm³/mol. The first-order valence-corrected chi connectivity index (χ1v) is 10.5. The minimum absolute atomic E-state index is 0.119. The van der Waals surface area contributed by atoms with E-state index in [0.29, 0.717) is 5.91 Å². The van der Waals surface area contributed by atoms with Gasteiger partial charge < -0.3 is 14.4 Å². The van der Waals surface area contributed by atoms with Crippen molar-refractivity contribution < 1.29 is 14.3 Å². The maximum Gasteiger partial charge on any atom is 0.225 e. The van der Waals surface area contributed by atoms with Crippen LogP contribution in [0.1, 0.15) is 44.9 Å². The summed E-state index contributed by atoms with van der Waals surface area (Å²) < 4.78 is 12.2. The van der Waals surface area contributed by atoms with Crippen molar-refractivity contribution in [2.75, 3.05) is 37.8 Å². The summed E-state index contributed by atoms with van der Waals surface area (Å²) >= 11 is 1.98. The van der Waals surface area contributed by atoms with Gasteiger partial charge in [-0.05, 0) is 55.9 Å². The van der Waals surface area contributed by atoms with Crippen LogP contribution in [0, 0.1) is 11.8 Å². The average Bonchev–Trinajstić information content (AvgIpc) is 3.35. The van der Waals surface area contributed by atoms with E-state index in [4.69, 9.17) is 9.47 Å². The highest BCUT2D eigenvalue weighted by Crippen LogP contribution is 2.38. The molecule has 0 N–H and O–H groups in total. The molecule has 0 unspecified atom stereocenters. The van der Waals surface area contributed by atoms with Gasteiger partial charge in [-0.2, -0.15) is 11.8 Å². The monoisotopic (exact) mass is 339 g/mol. The fourth-order valence-corrected chi connectivity index (χ4v) is 5.35. The van der Waals surface area contributed by atoms with Crippen molar-refractivity contribution >= 4 is 17.7 Å². The zero-order valence-electron chi connectivity index (χ0n) is 14.0. The number of carbonyl (C=O) groups is 1. The molecule has 5 heteroatoms. The lowest BCUT2D eigenvalue weighted by atomic mass is 9.88. The van der Waals surface area contributed by atoms with Crippen LogP contribution in [-0.4, -0.2) is 60.3 Å². The molecule has 130 valence electrons. The predicted octanol–water partition coefficient (Wildman–Crippen LogP) is 2.71. The molecule has 0 aromatic heterocycles. The number of hydrogen-bond acceptors (Lipinski definition) is 4. The van der Waals surface area contributed by atoms with E-state index in [2.05, 4.69) is 4.90 Å². The molecule has 1 aliphatic carbocycles. The Morgan fingerprint density at radius 1 is 1.26 bits per heavy atom. The fourth-order valence-electron chi connectivity index (χ4n) is 4.24. The molecule has 1 amide bonds. The van der Waals surface area contributed by atoms with Crippen LogP contribution in [0.5, 0.6) is 0 Å². The average molecular weight is 340 g/mol. The van der Waals surface area contributed by atoms with Gasteiger partial charge >= 0.3 is 0 Å². The molecule has 1 spiro atoms. The van der Waals surface area contributed by atoms with Crippen LogP contribution in [-0.2, 0) is 14.3 Å². The zero-order chi connectivity index (χ0) is 15.7. The van der Waals surface area contributed by atoms with E-state index in [1.807, 2.05) is 11.8 Å². The lowest BCUT2D eigenvalue weighted by Gasteiger charge is -2.41. The van der Waals surface area contributed by atoms with Crippen LogP contribution in [0.15, 0.2) is 0 Å². The number of rotatable bonds is 4. The molecule has 4 aliphatic rings. The number of piperidine rings is 1. The molecule has 3 heterocycles. The molecule has 0 radical (unpaired) electrons. The van der Waals surface area contributed by atoms with Gasteiger partial charge in [-0.25, -0.2) is 0 Å². The number of thioether (sulfide) groups is 1. The molecule has 0 aromatic rings. The minimum Gasteiger partial charge on any atom is -0.375 e. The summed E-state index contributed by atoms with van der Waals surface area (Å²) in [6, 6.07) is 0. The zero-order valence-corrected chi connectivity index (χ0v) is 14.8. The Morgan fingerprint density at radius 2 is 2.09 bits per heavy atom. The molecule has 4 rings (SSSR count). The van der Waals surface area contributed by atoms with Gasteiger partial charge in [0.1, 0.15) is 0 Å². The number of carbonyl (C=O) groups excluding carboxylic acids is 1. The van der Waals surface area contributed by atoms with E-state index in [-0.39, 0.29) is 17.6 Å². The number of ether oxygens (including phenoxy) is 2. The summed E-state index contributed by atoms with van der Waals surface area (Å²) in [7, 11) is 0. The molecule has 4 nitrogen and oxygen atoms in total. The lowest BCUT2D eigenvalue weighted by Crippen LogP contribution is -2.52. The smallest absolute Gasteiger partial charge is 0.225 e. The van der Waals surface area contributed by atoms with Crippen LogP contribution in [0.2, 0.25) is 0 Å². The van der Waals surface area contributed by atoms with E-state index in [9.17, 15) is 4.79 Å². The molecule has 2 atom stereocenters. The van der Waals surface area contributed by atoms with E-state index < -0.39 is 0 Å². The molecule has 4 fully saturated rings. The SMILES string of the molecule is O=C(C1CCSCC1)N1CCC[C@]2(C[C@@H](OCC3CC3)CO2)C1. The van der Waals surface area contributed by atoms with Crippen molar-refractivity contribution in [1.29, 1.82) is 0 Å². The highest BCUT2D eigenvalue weighted by Gasteiger charge is 2.45. The Balaban J connectivity index is 1.32. The Morgan fingerprint density at radius 3 is 2.87 bits per heavy atom. The first kappa shape index (κ1) is 16.2. The van der Waals surface area contributed by atoms with Crippen molar-refractivity contribution in [3.63, 3.8) is 0 Å². The molecule has 0 bridgehead atoms. The van der Waals surface area contributed by atoms with E-state index in [1.165, 1.54) is 12.8 Å². The molecule has 0 aromatic carbocycles. The summed E-state index contributed by atoms with van der Waals surface area (Å²) in [5, 5.41) is 0. The number of amides is 1. The van der Waals surface area contributed by atoms with E-state index >= 15 is 0 Å². The van der Waals surface area contributed by atoms with Gasteiger partial charge in [0.25, 0.3) is 0 Å². The van der Waals surface area contributed by atoms with Gasteiger partial charge in [-0.1, -0.05) is 0 Å². The van der Waals surface area contributed by atoms with Crippen molar-refractivity contribution in [1.82, 2.24) is 4.90 Å². The van der Waals surface area contributed by atoms with Crippen molar-refractivity contribution in [2.45, 2.75) is 56.7 Å². The minimum atomic E-state index is -0.119. The summed E-state index contributed by atoms with van der Waals surface area (Å²) in [5.41, 5.74) is -0.119. The first-order valence-electron chi connectivity index (χ1n) is 9.36. The highest BCUT2D eigenvalue weighted by atomic mass is 32.2. The lowest BCUT2D eigenvalue weighted by molar-refractivity contribution is -0.143. The third kappa shape index (κ3) is 3.88. The number of nitrogens with zero attached hydrogens (tertiary/aromatic N) is 1. The number of hydrogen-bond donors (Lipinski definition) is 0. The molecule has 3 aliphatic heterocycles. The second kappa shape index (κ2) is 6.93. The molecule has 3 saturated heterocycles. The van der Waals surface area contributed by atoms with Gasteiger partial charge in [0.05, 0.1) is 18.3 Å². The second-order valence-corrected chi connectivity index (χ2v) is 9.07. The Kier molecular flexibility index (Phi) is 4.89. The van der Waals surface area contributed by atoms with Gasteiger partial charge in [0.15, 0.2) is 0 Å². The van der Waals surface area contributed by atoms with Crippen LogP contribution in [0.3, 0.4) is 0 Å². The normalized spacial score (nSPS) is 35.8. The van der Waals surface area contributed by atoms with Crippen LogP contribution in [0.4, 0.5) is 0 Å². The third-order valence-corrected chi connectivity index (χ3v) is 6.91. The van der Waals surface area contributed by atoms with Crippen molar-refractivity contribution in [3.8, 4) is 0 Å². The van der Waals surface area contributed by atoms with E-state index in [0.717, 1.165) is 75.8 Å².